The van der Waals surface area contributed by atoms with E-state index < -0.39 is 17.4 Å². The van der Waals surface area contributed by atoms with E-state index in [1.54, 1.807) is 0 Å². The number of hydrogen-bond acceptors (Lipinski definition) is 3. The maximum atomic E-state index is 14.0. The van der Waals surface area contributed by atoms with Crippen molar-refractivity contribution in [3.05, 3.63) is 58.1 Å². The van der Waals surface area contributed by atoms with Crippen molar-refractivity contribution in [1.82, 2.24) is 0 Å². The molecule has 0 aliphatic carbocycles. The van der Waals surface area contributed by atoms with Gasteiger partial charge in [0.05, 0.1) is 30.4 Å². The SMILES string of the molecule is COc1cc(F)c(C(=O)c2c(F)cccc2Cl)cc1OC. The monoisotopic (exact) mass is 312 g/mol. The summed E-state index contributed by atoms with van der Waals surface area (Å²) >= 11 is 5.82. The van der Waals surface area contributed by atoms with Crippen LogP contribution >= 0.6 is 11.6 Å². The number of halogens is 3. The fraction of sp³-hybridized carbons (Fsp3) is 0.133. The first-order chi connectivity index (χ1) is 9.99. The predicted molar refractivity (Wildman–Crippen MR) is 74.3 cm³/mol. The van der Waals surface area contributed by atoms with Crippen LogP contribution in [0.5, 0.6) is 11.5 Å². The summed E-state index contributed by atoms with van der Waals surface area (Å²) in [6.45, 7) is 0. The zero-order chi connectivity index (χ0) is 15.6. The molecule has 0 aromatic heterocycles. The van der Waals surface area contributed by atoms with E-state index in [1.807, 2.05) is 0 Å². The van der Waals surface area contributed by atoms with Gasteiger partial charge in [0.25, 0.3) is 0 Å². The molecule has 0 saturated carbocycles. The average molecular weight is 313 g/mol. The molecule has 6 heteroatoms. The average Bonchev–Trinajstić information content (AvgIpc) is 2.46. The normalized spacial score (nSPS) is 10.3. The van der Waals surface area contributed by atoms with Crippen LogP contribution in [0.4, 0.5) is 8.78 Å². The second-order valence-electron chi connectivity index (χ2n) is 4.11. The zero-order valence-corrected chi connectivity index (χ0v) is 12.0. The summed E-state index contributed by atoms with van der Waals surface area (Å²) in [6, 6.07) is 5.95. The number of carbonyl (C=O) groups excluding carboxylic acids is 1. The minimum Gasteiger partial charge on any atom is -0.493 e. The van der Waals surface area contributed by atoms with E-state index in [1.165, 1.54) is 26.4 Å². The molecule has 21 heavy (non-hydrogen) atoms. The quantitative estimate of drug-likeness (QED) is 0.804. The molecule has 0 fully saturated rings. The number of ether oxygens (including phenoxy) is 2. The number of methoxy groups -OCH3 is 2. The summed E-state index contributed by atoms with van der Waals surface area (Å²) < 4.78 is 37.7. The van der Waals surface area contributed by atoms with Gasteiger partial charge in [-0.3, -0.25) is 4.79 Å². The number of carbonyl (C=O) groups is 1. The smallest absolute Gasteiger partial charge is 0.200 e. The van der Waals surface area contributed by atoms with Crippen LogP contribution in [0.2, 0.25) is 5.02 Å². The molecule has 0 heterocycles. The lowest BCUT2D eigenvalue weighted by Gasteiger charge is -2.11. The predicted octanol–water partition coefficient (Wildman–Crippen LogP) is 3.87. The van der Waals surface area contributed by atoms with Gasteiger partial charge < -0.3 is 9.47 Å². The van der Waals surface area contributed by atoms with Crippen LogP contribution in [0.3, 0.4) is 0 Å². The Hall–Kier alpha value is -2.14. The molecule has 110 valence electrons. The third kappa shape index (κ3) is 2.83. The highest BCUT2D eigenvalue weighted by atomic mass is 35.5. The highest BCUT2D eigenvalue weighted by Crippen LogP contribution is 2.32. The van der Waals surface area contributed by atoms with Crippen LogP contribution < -0.4 is 9.47 Å². The van der Waals surface area contributed by atoms with E-state index in [9.17, 15) is 13.6 Å². The van der Waals surface area contributed by atoms with Crippen molar-refractivity contribution >= 4 is 17.4 Å². The Morgan fingerprint density at radius 1 is 1.05 bits per heavy atom. The van der Waals surface area contributed by atoms with Gasteiger partial charge >= 0.3 is 0 Å². The van der Waals surface area contributed by atoms with Gasteiger partial charge in [0.1, 0.15) is 11.6 Å². The minimum absolute atomic E-state index is 0.0887. The van der Waals surface area contributed by atoms with Crippen LogP contribution in [0, 0.1) is 11.6 Å². The standard InChI is InChI=1S/C15H11ClF2O3/c1-20-12-6-8(11(18)7-13(12)21-2)15(19)14-9(16)4-3-5-10(14)17/h3-7H,1-2H3. The van der Waals surface area contributed by atoms with E-state index in [-0.39, 0.29) is 27.6 Å². The largest absolute Gasteiger partial charge is 0.493 e. The van der Waals surface area contributed by atoms with Crippen LogP contribution in [0.1, 0.15) is 15.9 Å². The van der Waals surface area contributed by atoms with Gasteiger partial charge in [-0.2, -0.15) is 0 Å². The summed E-state index contributed by atoms with van der Waals surface area (Å²) in [7, 11) is 2.69. The van der Waals surface area contributed by atoms with E-state index in [2.05, 4.69) is 0 Å². The molecule has 0 saturated heterocycles. The Kier molecular flexibility index (Phi) is 4.43. The van der Waals surface area contributed by atoms with Gasteiger partial charge in [-0.05, 0) is 18.2 Å². The molecule has 0 spiro atoms. The molecule has 0 amide bonds. The molecule has 0 unspecified atom stereocenters. The van der Waals surface area contributed by atoms with Gasteiger partial charge in [0.15, 0.2) is 11.5 Å². The van der Waals surface area contributed by atoms with Gasteiger partial charge in [-0.1, -0.05) is 17.7 Å². The number of benzene rings is 2. The van der Waals surface area contributed by atoms with E-state index >= 15 is 0 Å². The van der Waals surface area contributed by atoms with E-state index in [0.717, 1.165) is 18.2 Å². The fourth-order valence-corrected chi connectivity index (χ4v) is 2.13. The molecule has 2 aromatic carbocycles. The molecule has 3 nitrogen and oxygen atoms in total. The summed E-state index contributed by atoms with van der Waals surface area (Å²) in [5.74, 6) is -2.24. The third-order valence-electron chi connectivity index (χ3n) is 2.91. The van der Waals surface area contributed by atoms with Crippen molar-refractivity contribution in [2.24, 2.45) is 0 Å². The zero-order valence-electron chi connectivity index (χ0n) is 11.2. The van der Waals surface area contributed by atoms with Crippen LogP contribution in [0.25, 0.3) is 0 Å². The van der Waals surface area contributed by atoms with E-state index in [0.29, 0.717) is 0 Å². The second-order valence-corrected chi connectivity index (χ2v) is 4.52. The van der Waals surface area contributed by atoms with Crippen molar-refractivity contribution in [1.29, 1.82) is 0 Å². The molecular weight excluding hydrogens is 302 g/mol. The van der Waals surface area contributed by atoms with Crippen molar-refractivity contribution in [3.8, 4) is 11.5 Å². The first kappa shape index (κ1) is 15.3. The number of ketones is 1. The highest BCUT2D eigenvalue weighted by molar-refractivity contribution is 6.35. The summed E-state index contributed by atoms with van der Waals surface area (Å²) in [4.78, 5) is 12.3. The molecule has 0 atom stereocenters. The van der Waals surface area contributed by atoms with Crippen molar-refractivity contribution < 1.29 is 23.0 Å². The Labute approximate surface area is 125 Å². The topological polar surface area (TPSA) is 35.5 Å². The Balaban J connectivity index is 2.59. The highest BCUT2D eigenvalue weighted by Gasteiger charge is 2.23. The summed E-state index contributed by atoms with van der Waals surface area (Å²) in [5, 5.41) is -0.0887. The first-order valence-electron chi connectivity index (χ1n) is 5.89. The van der Waals surface area contributed by atoms with Crippen LogP contribution in [-0.2, 0) is 0 Å². The van der Waals surface area contributed by atoms with E-state index in [4.69, 9.17) is 21.1 Å². The molecule has 0 bridgehead atoms. The Morgan fingerprint density at radius 2 is 1.67 bits per heavy atom. The Bertz CT molecular complexity index is 681. The summed E-state index contributed by atoms with van der Waals surface area (Å²) in [5.41, 5.74) is -0.732. The number of hydrogen-bond donors (Lipinski definition) is 0. The fourth-order valence-electron chi connectivity index (χ4n) is 1.88. The van der Waals surface area contributed by atoms with Gasteiger partial charge in [-0.15, -0.1) is 0 Å². The molecular formula is C15H11ClF2O3. The molecule has 2 rings (SSSR count). The number of rotatable bonds is 4. The molecule has 0 aliphatic rings. The van der Waals surface area contributed by atoms with Gasteiger partial charge in [-0.25, -0.2) is 8.78 Å². The third-order valence-corrected chi connectivity index (χ3v) is 3.22. The molecule has 0 aliphatic heterocycles. The molecule has 2 aromatic rings. The van der Waals surface area contributed by atoms with Crippen LogP contribution in [0.15, 0.2) is 30.3 Å². The van der Waals surface area contributed by atoms with Crippen molar-refractivity contribution in [3.63, 3.8) is 0 Å². The van der Waals surface area contributed by atoms with Crippen molar-refractivity contribution in [2.45, 2.75) is 0 Å². The summed E-state index contributed by atoms with van der Waals surface area (Å²) in [6.07, 6.45) is 0. The van der Waals surface area contributed by atoms with Crippen molar-refractivity contribution in [2.75, 3.05) is 14.2 Å². The van der Waals surface area contributed by atoms with Gasteiger partial charge in [0, 0.05) is 6.07 Å². The molecule has 0 N–H and O–H groups in total. The lowest BCUT2D eigenvalue weighted by molar-refractivity contribution is 0.103. The Morgan fingerprint density at radius 3 is 2.24 bits per heavy atom. The molecule has 0 radical (unpaired) electrons. The lowest BCUT2D eigenvalue weighted by Crippen LogP contribution is -2.08. The minimum atomic E-state index is -0.864. The van der Waals surface area contributed by atoms with Crippen LogP contribution in [-0.4, -0.2) is 20.0 Å². The second kappa shape index (κ2) is 6.10. The van der Waals surface area contributed by atoms with Gasteiger partial charge in [0.2, 0.25) is 5.78 Å². The first-order valence-corrected chi connectivity index (χ1v) is 6.27. The maximum Gasteiger partial charge on any atom is 0.200 e. The maximum absolute atomic E-state index is 14.0. The lowest BCUT2D eigenvalue weighted by atomic mass is 10.0.